The number of hydrogen-bond donors (Lipinski definition) is 1. The highest BCUT2D eigenvalue weighted by Crippen LogP contribution is 2.34. The normalized spacial score (nSPS) is 19.2. The number of likely N-dealkylation sites (tertiary alicyclic amines) is 1. The zero-order valence-corrected chi connectivity index (χ0v) is 14.1. The Hall–Kier alpha value is -0.860. The molecule has 1 aromatic rings. The Balaban J connectivity index is 2.09. The minimum absolute atomic E-state index is 0.238. The zero-order chi connectivity index (χ0) is 15.1. The molecule has 0 spiro atoms. The maximum absolute atomic E-state index is 3.72. The summed E-state index contributed by atoms with van der Waals surface area (Å²) in [6.07, 6.45) is 5.55. The third-order valence-electron chi connectivity index (χ3n) is 4.65. The van der Waals surface area contributed by atoms with E-state index >= 15 is 0 Å². The quantitative estimate of drug-likeness (QED) is 0.842. The first-order valence-electron chi connectivity index (χ1n) is 8.64. The van der Waals surface area contributed by atoms with Crippen LogP contribution < -0.4 is 5.32 Å². The molecule has 1 aliphatic rings. The molecular weight excluding hydrogens is 256 g/mol. The molecule has 0 amide bonds. The van der Waals surface area contributed by atoms with Gasteiger partial charge in [-0.2, -0.15) is 0 Å². The van der Waals surface area contributed by atoms with Crippen LogP contribution >= 0.6 is 0 Å². The molecule has 1 fully saturated rings. The van der Waals surface area contributed by atoms with Gasteiger partial charge in [0, 0.05) is 12.6 Å². The Morgan fingerprint density at radius 3 is 2.24 bits per heavy atom. The van der Waals surface area contributed by atoms with Crippen LogP contribution in [0.2, 0.25) is 0 Å². The van der Waals surface area contributed by atoms with E-state index in [4.69, 9.17) is 0 Å². The monoisotopic (exact) mass is 288 g/mol. The summed E-state index contributed by atoms with van der Waals surface area (Å²) >= 11 is 0. The van der Waals surface area contributed by atoms with E-state index in [1.165, 1.54) is 50.9 Å². The molecule has 1 unspecified atom stereocenters. The van der Waals surface area contributed by atoms with Crippen molar-refractivity contribution in [1.29, 1.82) is 0 Å². The van der Waals surface area contributed by atoms with Crippen LogP contribution in [0.3, 0.4) is 0 Å². The lowest BCUT2D eigenvalue weighted by Gasteiger charge is -2.39. The van der Waals surface area contributed by atoms with Crippen molar-refractivity contribution in [2.45, 2.75) is 52.5 Å². The van der Waals surface area contributed by atoms with Crippen molar-refractivity contribution in [3.05, 3.63) is 35.9 Å². The van der Waals surface area contributed by atoms with Crippen LogP contribution in [0.4, 0.5) is 0 Å². The van der Waals surface area contributed by atoms with Crippen LogP contribution in [-0.4, -0.2) is 31.1 Å². The fraction of sp³-hybridized carbons (Fsp3) is 0.684. The van der Waals surface area contributed by atoms with Gasteiger partial charge in [-0.1, -0.05) is 63.9 Å². The molecule has 2 nitrogen and oxygen atoms in total. The van der Waals surface area contributed by atoms with E-state index in [0.717, 1.165) is 6.54 Å². The summed E-state index contributed by atoms with van der Waals surface area (Å²) in [5.41, 5.74) is 1.65. The molecule has 2 heteroatoms. The maximum Gasteiger partial charge on any atom is 0.0384 e. The molecule has 0 aromatic heterocycles. The molecule has 118 valence electrons. The van der Waals surface area contributed by atoms with Crippen molar-refractivity contribution in [2.75, 3.05) is 26.2 Å². The Bertz CT molecular complexity index is 391. The van der Waals surface area contributed by atoms with Gasteiger partial charge in [0.1, 0.15) is 0 Å². The molecule has 0 aliphatic carbocycles. The molecular formula is C19H32N2. The molecule has 0 bridgehead atoms. The van der Waals surface area contributed by atoms with Crippen LogP contribution in [0.25, 0.3) is 0 Å². The fourth-order valence-corrected chi connectivity index (χ4v) is 3.66. The summed E-state index contributed by atoms with van der Waals surface area (Å²) in [5.74, 6) is 0. The van der Waals surface area contributed by atoms with Crippen LogP contribution in [0.5, 0.6) is 0 Å². The second-order valence-electron chi connectivity index (χ2n) is 7.08. The van der Waals surface area contributed by atoms with Gasteiger partial charge in [0.05, 0.1) is 0 Å². The van der Waals surface area contributed by atoms with Gasteiger partial charge < -0.3 is 10.2 Å². The number of benzene rings is 1. The fourth-order valence-electron chi connectivity index (χ4n) is 3.66. The van der Waals surface area contributed by atoms with E-state index in [9.17, 15) is 0 Å². The zero-order valence-electron chi connectivity index (χ0n) is 14.1. The van der Waals surface area contributed by atoms with Gasteiger partial charge in [-0.05, 0) is 43.5 Å². The topological polar surface area (TPSA) is 15.3 Å². The highest BCUT2D eigenvalue weighted by Gasteiger charge is 2.32. The second-order valence-corrected chi connectivity index (χ2v) is 7.08. The predicted molar refractivity (Wildman–Crippen MR) is 91.5 cm³/mol. The second kappa shape index (κ2) is 7.95. The third-order valence-corrected chi connectivity index (χ3v) is 4.65. The van der Waals surface area contributed by atoms with E-state index in [0.29, 0.717) is 6.04 Å². The van der Waals surface area contributed by atoms with Gasteiger partial charge >= 0.3 is 0 Å². The largest absolute Gasteiger partial charge is 0.310 e. The van der Waals surface area contributed by atoms with E-state index < -0.39 is 0 Å². The predicted octanol–water partition coefficient (Wildman–Crippen LogP) is 4.24. The average Bonchev–Trinajstić information content (AvgIpc) is 2.73. The van der Waals surface area contributed by atoms with Crippen LogP contribution in [-0.2, 0) is 0 Å². The van der Waals surface area contributed by atoms with Crippen molar-refractivity contribution in [3.8, 4) is 0 Å². The molecule has 1 heterocycles. The highest BCUT2D eigenvalue weighted by molar-refractivity contribution is 5.21. The Morgan fingerprint density at radius 1 is 1.05 bits per heavy atom. The smallest absolute Gasteiger partial charge is 0.0384 e. The molecule has 0 radical (unpaired) electrons. The van der Waals surface area contributed by atoms with Gasteiger partial charge in [-0.25, -0.2) is 0 Å². The first-order valence-corrected chi connectivity index (χ1v) is 8.64. The van der Waals surface area contributed by atoms with Crippen LogP contribution in [0, 0.1) is 5.41 Å². The average molecular weight is 288 g/mol. The van der Waals surface area contributed by atoms with Gasteiger partial charge in [-0.3, -0.25) is 0 Å². The standard InChI is InChI=1S/C19H32N2/c1-4-20-18(17-12-8-7-9-13-17)19(2,3)16-21-14-10-5-6-11-15-21/h7-9,12-13,18,20H,4-6,10-11,14-16H2,1-3H3. The molecule has 21 heavy (non-hydrogen) atoms. The first-order chi connectivity index (χ1) is 10.1. The molecule has 1 saturated heterocycles. The Morgan fingerprint density at radius 2 is 1.67 bits per heavy atom. The number of hydrogen-bond acceptors (Lipinski definition) is 2. The summed E-state index contributed by atoms with van der Waals surface area (Å²) in [6.45, 7) is 11.8. The molecule has 1 atom stereocenters. The van der Waals surface area contributed by atoms with Gasteiger partial charge in [0.15, 0.2) is 0 Å². The summed E-state index contributed by atoms with van der Waals surface area (Å²) in [6, 6.07) is 11.4. The lowest BCUT2D eigenvalue weighted by atomic mass is 9.79. The van der Waals surface area contributed by atoms with E-state index in [-0.39, 0.29) is 5.41 Å². The third kappa shape index (κ3) is 4.82. The lowest BCUT2D eigenvalue weighted by molar-refractivity contribution is 0.140. The molecule has 0 saturated carbocycles. The maximum atomic E-state index is 3.72. The lowest BCUT2D eigenvalue weighted by Crippen LogP contribution is -2.43. The molecule has 1 N–H and O–H groups in total. The van der Waals surface area contributed by atoms with Gasteiger partial charge in [0.25, 0.3) is 0 Å². The van der Waals surface area contributed by atoms with Crippen molar-refractivity contribution in [2.24, 2.45) is 5.41 Å². The van der Waals surface area contributed by atoms with Crippen LogP contribution in [0.15, 0.2) is 30.3 Å². The minimum Gasteiger partial charge on any atom is -0.310 e. The highest BCUT2D eigenvalue weighted by atomic mass is 15.1. The van der Waals surface area contributed by atoms with Gasteiger partial charge in [-0.15, -0.1) is 0 Å². The summed E-state index contributed by atoms with van der Waals surface area (Å²) < 4.78 is 0. The van der Waals surface area contributed by atoms with Crippen molar-refractivity contribution < 1.29 is 0 Å². The number of nitrogens with zero attached hydrogens (tertiary/aromatic N) is 1. The summed E-state index contributed by atoms with van der Waals surface area (Å²) in [5, 5.41) is 3.72. The summed E-state index contributed by atoms with van der Waals surface area (Å²) in [7, 11) is 0. The molecule has 2 rings (SSSR count). The summed E-state index contributed by atoms with van der Waals surface area (Å²) in [4.78, 5) is 2.68. The van der Waals surface area contributed by atoms with Gasteiger partial charge in [0.2, 0.25) is 0 Å². The van der Waals surface area contributed by atoms with E-state index in [2.05, 4.69) is 61.3 Å². The minimum atomic E-state index is 0.238. The SMILES string of the molecule is CCNC(c1ccccc1)C(C)(C)CN1CCCCCC1. The number of nitrogens with one attached hydrogen (secondary N) is 1. The first kappa shape index (κ1) is 16.5. The molecule has 1 aliphatic heterocycles. The van der Waals surface area contributed by atoms with Crippen molar-refractivity contribution in [1.82, 2.24) is 10.2 Å². The van der Waals surface area contributed by atoms with Crippen molar-refractivity contribution in [3.63, 3.8) is 0 Å². The van der Waals surface area contributed by atoms with E-state index in [1.807, 2.05) is 0 Å². The van der Waals surface area contributed by atoms with Crippen molar-refractivity contribution >= 4 is 0 Å². The Kier molecular flexibility index (Phi) is 6.25. The molecule has 1 aromatic carbocycles. The van der Waals surface area contributed by atoms with E-state index in [1.54, 1.807) is 0 Å². The van der Waals surface area contributed by atoms with Crippen LogP contribution in [0.1, 0.15) is 58.1 Å². The Labute approximate surface area is 130 Å². The number of rotatable bonds is 6.